The number of carbonyl (C=O) groups is 1. The van der Waals surface area contributed by atoms with Crippen LogP contribution in [0.5, 0.6) is 0 Å². The van der Waals surface area contributed by atoms with Gasteiger partial charge in [0.15, 0.2) is 0 Å². The van der Waals surface area contributed by atoms with E-state index >= 15 is 0 Å². The fourth-order valence-corrected chi connectivity index (χ4v) is 0.381. The van der Waals surface area contributed by atoms with Gasteiger partial charge >= 0.3 is 0 Å². The zero-order valence-corrected chi connectivity index (χ0v) is 4.96. The van der Waals surface area contributed by atoms with Gasteiger partial charge in [0.25, 0.3) is 0 Å². The first kappa shape index (κ1) is 7.71. The molecule has 0 aliphatic rings. The van der Waals surface area contributed by atoms with Gasteiger partial charge in [0.05, 0.1) is 18.5 Å². The van der Waals surface area contributed by atoms with E-state index in [1.54, 1.807) is 0 Å². The summed E-state index contributed by atoms with van der Waals surface area (Å²) in [6.07, 6.45) is 2.40. The number of carbonyl (C=O) groups excluding carboxylic acids is 1. The Morgan fingerprint density at radius 2 is 2.33 bits per heavy atom. The lowest BCUT2D eigenvalue weighted by Gasteiger charge is -1.90. The second kappa shape index (κ2) is 2.88. The Bertz CT molecular complexity index is 180. The van der Waals surface area contributed by atoms with Crippen molar-refractivity contribution in [2.75, 3.05) is 0 Å². The summed E-state index contributed by atoms with van der Waals surface area (Å²) in [5.41, 5.74) is 0.0741. The van der Waals surface area contributed by atoms with Gasteiger partial charge in [-0.25, -0.2) is 0 Å². The number of hydrogen-bond acceptors (Lipinski definition) is 3. The fraction of sp³-hybridized carbons (Fsp3) is 0. The van der Waals surface area contributed by atoms with Crippen molar-refractivity contribution in [1.29, 1.82) is 0 Å². The summed E-state index contributed by atoms with van der Waals surface area (Å²) in [5, 5.41) is 9.89. The van der Waals surface area contributed by atoms with Crippen molar-refractivity contribution in [3.05, 3.63) is 24.2 Å². The molecule has 1 aromatic rings. The van der Waals surface area contributed by atoms with Crippen molar-refractivity contribution in [3.63, 3.8) is 0 Å². The molecule has 9 heavy (non-hydrogen) atoms. The van der Waals surface area contributed by atoms with E-state index < -0.39 is 5.97 Å². The molecule has 0 saturated heterocycles. The minimum atomic E-state index is -1.21. The van der Waals surface area contributed by atoms with Gasteiger partial charge in [0, 0.05) is 5.56 Å². The number of carboxylic acid groups (broad SMARTS) is 1. The van der Waals surface area contributed by atoms with Crippen LogP contribution in [0, 0.1) is 0 Å². The van der Waals surface area contributed by atoms with Gasteiger partial charge in [-0.2, -0.15) is 0 Å². The molecule has 0 saturated carbocycles. The van der Waals surface area contributed by atoms with Crippen LogP contribution < -0.4 is 11.3 Å². The van der Waals surface area contributed by atoms with Crippen LogP contribution in [0.1, 0.15) is 10.4 Å². The second-order valence-corrected chi connectivity index (χ2v) is 1.30. The molecule has 4 nitrogen and oxygen atoms in total. The predicted octanol–water partition coefficient (Wildman–Crippen LogP) is 0.0193. The third kappa shape index (κ3) is 1.58. The monoisotopic (exact) mass is 129 g/mol. The third-order valence-electron chi connectivity index (χ3n) is 0.757. The molecular weight excluding hydrogens is 122 g/mol. The summed E-state index contributed by atoms with van der Waals surface area (Å²) in [6.45, 7) is 0. The standard InChI is InChI=1S/C5H4O3.H3N/c6-5(7)4-1-2-8-3-4;/h1-3H,(H,6,7);1H3. The van der Waals surface area contributed by atoms with Gasteiger partial charge in [0.1, 0.15) is 0 Å². The van der Waals surface area contributed by atoms with Crippen LogP contribution in [0.25, 0.3) is 0 Å². The SMILES string of the molecule is O=C([O-])c1ccoc1.[NH4+]. The minimum absolute atomic E-state index is 0. The van der Waals surface area contributed by atoms with Gasteiger partial charge in [-0.15, -0.1) is 0 Å². The average Bonchev–Trinajstić information content (AvgIpc) is 2.12. The lowest BCUT2D eigenvalue weighted by atomic mass is 10.4. The first-order valence-electron chi connectivity index (χ1n) is 2.04. The summed E-state index contributed by atoms with van der Waals surface area (Å²) in [6, 6.07) is 1.33. The van der Waals surface area contributed by atoms with Crippen LogP contribution in [0.4, 0.5) is 0 Å². The van der Waals surface area contributed by atoms with Crippen molar-refractivity contribution < 1.29 is 14.3 Å². The number of hydrogen-bond donors (Lipinski definition) is 1. The second-order valence-electron chi connectivity index (χ2n) is 1.30. The van der Waals surface area contributed by atoms with Gasteiger partial charge in [0.2, 0.25) is 0 Å². The fourth-order valence-electron chi connectivity index (χ4n) is 0.381. The number of quaternary nitrogens is 1. The average molecular weight is 129 g/mol. The van der Waals surface area contributed by atoms with E-state index in [2.05, 4.69) is 4.42 Å². The quantitative estimate of drug-likeness (QED) is 0.579. The molecule has 0 radical (unpaired) electrons. The maximum atomic E-state index is 9.89. The summed E-state index contributed by atoms with van der Waals surface area (Å²) < 4.78 is 4.45. The Kier molecular flexibility index (Phi) is 2.47. The topological polar surface area (TPSA) is 89.8 Å². The summed E-state index contributed by atoms with van der Waals surface area (Å²) in [4.78, 5) is 9.89. The number of carboxylic acids is 1. The van der Waals surface area contributed by atoms with Crippen molar-refractivity contribution in [2.45, 2.75) is 0 Å². The predicted molar refractivity (Wildman–Crippen MR) is 29.0 cm³/mol. The molecule has 1 aromatic heterocycles. The molecule has 1 rings (SSSR count). The van der Waals surface area contributed by atoms with E-state index in [9.17, 15) is 9.90 Å². The molecule has 0 aliphatic carbocycles. The van der Waals surface area contributed by atoms with Crippen molar-refractivity contribution in [1.82, 2.24) is 6.15 Å². The highest BCUT2D eigenvalue weighted by Gasteiger charge is 1.89. The zero-order valence-electron chi connectivity index (χ0n) is 4.96. The molecule has 0 aliphatic heterocycles. The molecule has 0 unspecified atom stereocenters. The van der Waals surface area contributed by atoms with E-state index in [0.29, 0.717) is 0 Å². The smallest absolute Gasteiger partial charge is 0.0993 e. The Labute approximate surface area is 51.7 Å². The molecule has 0 amide bonds. The van der Waals surface area contributed by atoms with Gasteiger partial charge in [-0.05, 0) is 6.07 Å². The molecular formula is C5H7NO3. The van der Waals surface area contributed by atoms with Crippen molar-refractivity contribution >= 4 is 5.97 Å². The van der Waals surface area contributed by atoms with E-state index in [1.807, 2.05) is 0 Å². The van der Waals surface area contributed by atoms with Gasteiger partial charge in [-0.3, -0.25) is 0 Å². The van der Waals surface area contributed by atoms with E-state index in [1.165, 1.54) is 12.3 Å². The van der Waals surface area contributed by atoms with E-state index in [0.717, 1.165) is 6.26 Å². The Balaban J connectivity index is 0.000000640. The highest BCUT2D eigenvalue weighted by molar-refractivity contribution is 5.84. The molecule has 0 aromatic carbocycles. The maximum Gasteiger partial charge on any atom is 0.0993 e. The largest absolute Gasteiger partial charge is 0.545 e. The maximum absolute atomic E-state index is 9.89. The third-order valence-corrected chi connectivity index (χ3v) is 0.757. The van der Waals surface area contributed by atoms with Gasteiger partial charge in [-0.1, -0.05) is 0 Å². The van der Waals surface area contributed by atoms with Crippen LogP contribution in [0.3, 0.4) is 0 Å². The molecule has 0 spiro atoms. The normalized spacial score (nSPS) is 8.00. The summed E-state index contributed by atoms with van der Waals surface area (Å²) in [5.74, 6) is -1.21. The summed E-state index contributed by atoms with van der Waals surface area (Å²) in [7, 11) is 0. The van der Waals surface area contributed by atoms with E-state index in [-0.39, 0.29) is 11.7 Å². The molecule has 0 bridgehead atoms. The first-order chi connectivity index (χ1) is 3.80. The zero-order chi connectivity index (χ0) is 5.98. The number of furan rings is 1. The molecule has 1 heterocycles. The molecule has 0 fully saturated rings. The Morgan fingerprint density at radius 3 is 2.56 bits per heavy atom. The van der Waals surface area contributed by atoms with Crippen LogP contribution in [0.15, 0.2) is 23.0 Å². The van der Waals surface area contributed by atoms with Crippen LogP contribution in [-0.4, -0.2) is 5.97 Å². The lowest BCUT2D eigenvalue weighted by molar-refractivity contribution is -0.255. The van der Waals surface area contributed by atoms with Crippen LogP contribution in [-0.2, 0) is 0 Å². The number of rotatable bonds is 1. The van der Waals surface area contributed by atoms with Crippen LogP contribution in [0.2, 0.25) is 0 Å². The molecule has 4 N–H and O–H groups in total. The highest BCUT2D eigenvalue weighted by Crippen LogP contribution is 1.95. The minimum Gasteiger partial charge on any atom is -0.545 e. The Morgan fingerprint density at radius 1 is 1.67 bits per heavy atom. The van der Waals surface area contributed by atoms with E-state index in [4.69, 9.17) is 0 Å². The van der Waals surface area contributed by atoms with Crippen molar-refractivity contribution in [3.8, 4) is 0 Å². The molecule has 0 atom stereocenters. The first-order valence-corrected chi connectivity index (χ1v) is 2.04. The Hall–Kier alpha value is -1.29. The highest BCUT2D eigenvalue weighted by atomic mass is 16.4. The van der Waals surface area contributed by atoms with Crippen molar-refractivity contribution in [2.24, 2.45) is 0 Å². The summed E-state index contributed by atoms with van der Waals surface area (Å²) >= 11 is 0. The van der Waals surface area contributed by atoms with Crippen LogP contribution >= 0.6 is 0 Å². The van der Waals surface area contributed by atoms with Gasteiger partial charge < -0.3 is 20.5 Å². The molecule has 4 heteroatoms. The number of aromatic carboxylic acids is 1. The lowest BCUT2D eigenvalue weighted by Crippen LogP contribution is -2.21. The molecule has 50 valence electrons.